The fourth-order valence-corrected chi connectivity index (χ4v) is 1.34. The lowest BCUT2D eigenvalue weighted by atomic mass is 10.1. The highest BCUT2D eigenvalue weighted by Gasteiger charge is 2.36. The van der Waals surface area contributed by atoms with Crippen LogP contribution in [0, 0.1) is 0 Å². The average Bonchev–Trinajstić information content (AvgIpc) is 2.46. The number of hydrogen-bond acceptors (Lipinski definition) is 4. The molecule has 0 aromatic heterocycles. The molecule has 0 amide bonds. The average molecular weight is 187 g/mol. The Morgan fingerprint density at radius 3 is 3.15 bits per heavy atom. The quantitative estimate of drug-likeness (QED) is 0.394. The van der Waals surface area contributed by atoms with Gasteiger partial charge in [-0.15, -0.1) is 0 Å². The predicted octanol–water partition coefficient (Wildman–Crippen LogP) is 0.461. The van der Waals surface area contributed by atoms with Crippen molar-refractivity contribution in [3.63, 3.8) is 0 Å². The van der Waals surface area contributed by atoms with Crippen molar-refractivity contribution in [2.24, 2.45) is 5.11 Å². The van der Waals surface area contributed by atoms with Gasteiger partial charge >= 0.3 is 0 Å². The van der Waals surface area contributed by atoms with Crippen molar-refractivity contribution in [2.45, 2.75) is 25.2 Å². The van der Waals surface area contributed by atoms with Gasteiger partial charge < -0.3 is 14.6 Å². The molecule has 1 N–H and O–H groups in total. The van der Waals surface area contributed by atoms with E-state index in [1.165, 1.54) is 0 Å². The van der Waals surface area contributed by atoms with Crippen LogP contribution in [0.1, 0.15) is 6.92 Å². The van der Waals surface area contributed by atoms with Crippen LogP contribution in [-0.4, -0.2) is 43.2 Å². The van der Waals surface area contributed by atoms with E-state index in [-0.39, 0.29) is 25.4 Å². The molecule has 3 atom stereocenters. The highest BCUT2D eigenvalue weighted by atomic mass is 16.6. The fourth-order valence-electron chi connectivity index (χ4n) is 1.34. The van der Waals surface area contributed by atoms with Gasteiger partial charge in [-0.1, -0.05) is 5.11 Å². The summed E-state index contributed by atoms with van der Waals surface area (Å²) in [6.45, 7) is 2.81. The zero-order valence-electron chi connectivity index (χ0n) is 7.46. The summed E-state index contributed by atoms with van der Waals surface area (Å²) in [6, 6.07) is 0. The van der Waals surface area contributed by atoms with Gasteiger partial charge in [-0.25, -0.2) is 0 Å². The highest BCUT2D eigenvalue weighted by Crippen LogP contribution is 2.18. The summed E-state index contributed by atoms with van der Waals surface area (Å²) < 4.78 is 10.5. The molecule has 1 rings (SSSR count). The van der Waals surface area contributed by atoms with Gasteiger partial charge in [0, 0.05) is 11.5 Å². The summed E-state index contributed by atoms with van der Waals surface area (Å²) >= 11 is 0. The molecule has 74 valence electrons. The summed E-state index contributed by atoms with van der Waals surface area (Å²) in [4.78, 5) is 2.63. The molecule has 1 saturated heterocycles. The molecule has 1 aliphatic rings. The Labute approximate surface area is 76.1 Å². The van der Waals surface area contributed by atoms with Gasteiger partial charge in [-0.05, 0) is 12.5 Å². The topological polar surface area (TPSA) is 87.5 Å². The molecular weight excluding hydrogens is 174 g/mol. The van der Waals surface area contributed by atoms with Gasteiger partial charge in [0.25, 0.3) is 0 Å². The van der Waals surface area contributed by atoms with Crippen LogP contribution in [0.5, 0.6) is 0 Å². The van der Waals surface area contributed by atoms with E-state index in [4.69, 9.17) is 15.0 Å². The van der Waals surface area contributed by atoms with E-state index in [9.17, 15) is 5.11 Å². The molecule has 0 radical (unpaired) electrons. The predicted molar refractivity (Wildman–Crippen MR) is 45.2 cm³/mol. The second kappa shape index (κ2) is 5.04. The van der Waals surface area contributed by atoms with Crippen molar-refractivity contribution < 1.29 is 14.6 Å². The molecule has 0 unspecified atom stereocenters. The van der Waals surface area contributed by atoms with Crippen molar-refractivity contribution in [2.75, 3.05) is 19.8 Å². The van der Waals surface area contributed by atoms with Crippen molar-refractivity contribution in [1.29, 1.82) is 0 Å². The summed E-state index contributed by atoms with van der Waals surface area (Å²) in [5, 5.41) is 12.8. The van der Waals surface area contributed by atoms with E-state index in [1.54, 1.807) is 0 Å². The molecule has 1 aliphatic heterocycles. The Morgan fingerprint density at radius 1 is 1.77 bits per heavy atom. The van der Waals surface area contributed by atoms with E-state index in [2.05, 4.69) is 10.0 Å². The van der Waals surface area contributed by atoms with Gasteiger partial charge in [0.05, 0.1) is 19.3 Å². The van der Waals surface area contributed by atoms with Crippen LogP contribution < -0.4 is 0 Å². The third-order valence-corrected chi connectivity index (χ3v) is 1.91. The first-order valence-electron chi connectivity index (χ1n) is 4.21. The number of ether oxygens (including phenoxy) is 2. The first-order chi connectivity index (χ1) is 6.29. The number of hydrogen-bond donors (Lipinski definition) is 1. The Hall–Kier alpha value is -0.810. The first-order valence-corrected chi connectivity index (χ1v) is 4.21. The van der Waals surface area contributed by atoms with E-state index in [0.717, 1.165) is 0 Å². The maximum Gasteiger partial charge on any atom is 0.112 e. The zero-order valence-corrected chi connectivity index (χ0v) is 7.46. The largest absolute Gasteiger partial charge is 0.388 e. The number of aliphatic hydroxyl groups excluding tert-OH is 1. The summed E-state index contributed by atoms with van der Waals surface area (Å²) in [6.07, 6.45) is -1.29. The monoisotopic (exact) mass is 187 g/mol. The van der Waals surface area contributed by atoms with Crippen LogP contribution in [0.25, 0.3) is 10.4 Å². The molecule has 13 heavy (non-hydrogen) atoms. The normalized spacial score (nSPS) is 32.9. The minimum Gasteiger partial charge on any atom is -0.388 e. The van der Waals surface area contributed by atoms with Gasteiger partial charge in [0.15, 0.2) is 0 Å². The smallest absolute Gasteiger partial charge is 0.112 e. The lowest BCUT2D eigenvalue weighted by molar-refractivity contribution is -0.0291. The maximum absolute atomic E-state index is 9.41. The molecule has 0 spiro atoms. The Kier molecular flexibility index (Phi) is 3.98. The van der Waals surface area contributed by atoms with Gasteiger partial charge in [-0.3, -0.25) is 0 Å². The van der Waals surface area contributed by atoms with E-state index in [0.29, 0.717) is 6.61 Å². The van der Waals surface area contributed by atoms with Crippen LogP contribution in [0.3, 0.4) is 0 Å². The molecule has 0 saturated carbocycles. The summed E-state index contributed by atoms with van der Waals surface area (Å²) in [5.74, 6) is 0. The van der Waals surface area contributed by atoms with Gasteiger partial charge in [0.2, 0.25) is 0 Å². The van der Waals surface area contributed by atoms with Gasteiger partial charge in [-0.2, -0.15) is 0 Å². The molecule has 1 fully saturated rings. The number of nitrogens with zero attached hydrogens (tertiary/aromatic N) is 3. The van der Waals surface area contributed by atoms with E-state index in [1.807, 2.05) is 6.92 Å². The van der Waals surface area contributed by atoms with Gasteiger partial charge in [0.1, 0.15) is 12.2 Å². The van der Waals surface area contributed by atoms with Crippen molar-refractivity contribution >= 4 is 0 Å². The third kappa shape index (κ3) is 2.57. The molecule has 6 heteroatoms. The second-order valence-corrected chi connectivity index (χ2v) is 2.77. The molecule has 0 bridgehead atoms. The van der Waals surface area contributed by atoms with Crippen LogP contribution >= 0.6 is 0 Å². The third-order valence-electron chi connectivity index (χ3n) is 1.91. The maximum atomic E-state index is 9.41. The van der Waals surface area contributed by atoms with Crippen LogP contribution in [-0.2, 0) is 9.47 Å². The molecule has 0 aromatic rings. The number of azide groups is 1. The SMILES string of the molecule is CCO[C@@H]1[C@@H](O)CO[C@@H]1CN=[N+]=[N-]. The minimum atomic E-state index is -0.612. The molecule has 0 aliphatic carbocycles. The Bertz CT molecular complexity index is 205. The minimum absolute atomic E-state index is 0.207. The van der Waals surface area contributed by atoms with Crippen molar-refractivity contribution in [3.8, 4) is 0 Å². The lowest BCUT2D eigenvalue weighted by Gasteiger charge is -2.18. The molecule has 0 aromatic carbocycles. The zero-order chi connectivity index (χ0) is 9.68. The van der Waals surface area contributed by atoms with Crippen LogP contribution in [0.2, 0.25) is 0 Å². The lowest BCUT2D eigenvalue weighted by Crippen LogP contribution is -2.34. The second-order valence-electron chi connectivity index (χ2n) is 2.77. The van der Waals surface area contributed by atoms with E-state index >= 15 is 0 Å². The number of rotatable bonds is 4. The Balaban J connectivity index is 2.47. The summed E-state index contributed by atoms with van der Waals surface area (Å²) in [5.41, 5.74) is 8.11. The van der Waals surface area contributed by atoms with Crippen LogP contribution in [0.4, 0.5) is 0 Å². The highest BCUT2D eigenvalue weighted by molar-refractivity contribution is 4.86. The molecular formula is C7H13N3O3. The Morgan fingerprint density at radius 2 is 2.54 bits per heavy atom. The van der Waals surface area contributed by atoms with Crippen molar-refractivity contribution in [3.05, 3.63) is 10.4 Å². The van der Waals surface area contributed by atoms with E-state index < -0.39 is 6.10 Å². The van der Waals surface area contributed by atoms with Crippen LogP contribution in [0.15, 0.2) is 5.11 Å². The standard InChI is InChI=1S/C7H13N3O3/c1-2-12-7-5(11)4-13-6(7)3-9-10-8/h5-7,11H,2-4H2,1H3/t5-,6+,7+/m0/s1. The van der Waals surface area contributed by atoms with Crippen molar-refractivity contribution in [1.82, 2.24) is 0 Å². The first kappa shape index (κ1) is 10.3. The molecule has 1 heterocycles. The number of aliphatic hydroxyl groups is 1. The molecule has 6 nitrogen and oxygen atoms in total. The summed E-state index contributed by atoms with van der Waals surface area (Å²) in [7, 11) is 0. The fraction of sp³-hybridized carbons (Fsp3) is 1.00.